The quantitative estimate of drug-likeness (QED) is 0.546. The molecule has 0 aromatic heterocycles. The molecule has 0 saturated heterocycles. The standard InChI is InChI=1S/C7H13N/c1-4-6-8-7(3)5-2/h4-8H,2H2,1,3H3/b6-4-. The Labute approximate surface area is 51.1 Å². The highest BCUT2D eigenvalue weighted by Crippen LogP contribution is 1.79. The van der Waals surface area contributed by atoms with Gasteiger partial charge in [-0.15, -0.1) is 6.58 Å². The zero-order valence-corrected chi connectivity index (χ0v) is 5.52. The van der Waals surface area contributed by atoms with E-state index in [-0.39, 0.29) is 0 Å². The van der Waals surface area contributed by atoms with E-state index in [4.69, 9.17) is 0 Å². The van der Waals surface area contributed by atoms with E-state index >= 15 is 0 Å². The topological polar surface area (TPSA) is 12.0 Å². The predicted molar refractivity (Wildman–Crippen MR) is 37.6 cm³/mol. The molecule has 1 N–H and O–H groups in total. The highest BCUT2D eigenvalue weighted by atomic mass is 14.9. The van der Waals surface area contributed by atoms with Crippen LogP contribution in [0.25, 0.3) is 0 Å². The molecule has 0 saturated carbocycles. The molecule has 0 aromatic carbocycles. The van der Waals surface area contributed by atoms with Crippen LogP contribution in [0.4, 0.5) is 0 Å². The molecule has 0 radical (unpaired) electrons. The highest BCUT2D eigenvalue weighted by Gasteiger charge is 1.84. The lowest BCUT2D eigenvalue weighted by Gasteiger charge is -2.02. The molecule has 8 heavy (non-hydrogen) atoms. The third-order valence-electron chi connectivity index (χ3n) is 0.879. The van der Waals surface area contributed by atoms with E-state index < -0.39 is 0 Å². The highest BCUT2D eigenvalue weighted by molar-refractivity contribution is 4.87. The molecule has 0 aliphatic rings. The number of rotatable bonds is 3. The summed E-state index contributed by atoms with van der Waals surface area (Å²) in [5.41, 5.74) is 0. The summed E-state index contributed by atoms with van der Waals surface area (Å²) in [5.74, 6) is 0. The van der Waals surface area contributed by atoms with Crippen LogP contribution in [0.3, 0.4) is 0 Å². The molecule has 0 heterocycles. The van der Waals surface area contributed by atoms with Crippen molar-refractivity contribution in [3.63, 3.8) is 0 Å². The molecule has 46 valence electrons. The molecule has 1 heteroatoms. The second-order valence-electron chi connectivity index (χ2n) is 1.69. The second kappa shape index (κ2) is 4.44. The monoisotopic (exact) mass is 111 g/mol. The Morgan fingerprint density at radius 2 is 2.25 bits per heavy atom. The van der Waals surface area contributed by atoms with E-state index in [1.165, 1.54) is 0 Å². The van der Waals surface area contributed by atoms with Crippen molar-refractivity contribution >= 4 is 0 Å². The van der Waals surface area contributed by atoms with E-state index in [9.17, 15) is 0 Å². The van der Waals surface area contributed by atoms with Gasteiger partial charge in [0.2, 0.25) is 0 Å². The van der Waals surface area contributed by atoms with E-state index in [1.54, 1.807) is 0 Å². The summed E-state index contributed by atoms with van der Waals surface area (Å²) in [4.78, 5) is 0. The molecule has 1 nitrogen and oxygen atoms in total. The smallest absolute Gasteiger partial charge is 0.0407 e. The van der Waals surface area contributed by atoms with Crippen molar-refractivity contribution < 1.29 is 0 Å². The molecular weight excluding hydrogens is 98.1 g/mol. The molecule has 0 fully saturated rings. The van der Waals surface area contributed by atoms with Gasteiger partial charge in [0.15, 0.2) is 0 Å². The summed E-state index contributed by atoms with van der Waals surface area (Å²) in [6.07, 6.45) is 5.73. The van der Waals surface area contributed by atoms with Crippen molar-refractivity contribution in [2.75, 3.05) is 0 Å². The van der Waals surface area contributed by atoms with Crippen LogP contribution in [-0.2, 0) is 0 Å². The zero-order chi connectivity index (χ0) is 6.41. The van der Waals surface area contributed by atoms with Crippen LogP contribution in [0.1, 0.15) is 13.8 Å². The van der Waals surface area contributed by atoms with Crippen LogP contribution in [0.15, 0.2) is 24.9 Å². The minimum absolute atomic E-state index is 0.381. The van der Waals surface area contributed by atoms with E-state index in [2.05, 4.69) is 11.9 Å². The van der Waals surface area contributed by atoms with Gasteiger partial charge in [0.25, 0.3) is 0 Å². The molecule has 0 spiro atoms. The van der Waals surface area contributed by atoms with Crippen molar-refractivity contribution in [1.29, 1.82) is 0 Å². The van der Waals surface area contributed by atoms with Gasteiger partial charge in [-0.25, -0.2) is 0 Å². The summed E-state index contributed by atoms with van der Waals surface area (Å²) in [5, 5.41) is 3.08. The maximum atomic E-state index is 3.62. The number of nitrogens with one attached hydrogen (secondary N) is 1. The molecule has 0 amide bonds. The van der Waals surface area contributed by atoms with E-state index in [0.717, 1.165) is 0 Å². The fraction of sp³-hybridized carbons (Fsp3) is 0.429. The van der Waals surface area contributed by atoms with Gasteiger partial charge in [-0.2, -0.15) is 0 Å². The molecule has 0 aliphatic heterocycles. The van der Waals surface area contributed by atoms with E-state index in [1.807, 2.05) is 32.2 Å². The number of allylic oxidation sites excluding steroid dienone is 1. The molecule has 0 bridgehead atoms. The Balaban J connectivity index is 3.23. The van der Waals surface area contributed by atoms with Crippen LogP contribution in [0.5, 0.6) is 0 Å². The summed E-state index contributed by atoms with van der Waals surface area (Å²) in [6.45, 7) is 7.64. The van der Waals surface area contributed by atoms with Crippen LogP contribution in [0.2, 0.25) is 0 Å². The lowest BCUT2D eigenvalue weighted by atomic mass is 10.3. The molecule has 0 rings (SSSR count). The fourth-order valence-corrected chi connectivity index (χ4v) is 0.316. The summed E-state index contributed by atoms with van der Waals surface area (Å²) >= 11 is 0. The molecule has 1 unspecified atom stereocenters. The van der Waals surface area contributed by atoms with E-state index in [0.29, 0.717) is 6.04 Å². The van der Waals surface area contributed by atoms with Crippen molar-refractivity contribution in [2.45, 2.75) is 19.9 Å². The minimum atomic E-state index is 0.381. The fourth-order valence-electron chi connectivity index (χ4n) is 0.316. The largest absolute Gasteiger partial charge is 0.385 e. The summed E-state index contributed by atoms with van der Waals surface area (Å²) in [7, 11) is 0. The van der Waals surface area contributed by atoms with Crippen molar-refractivity contribution in [3.05, 3.63) is 24.9 Å². The molecule has 0 aliphatic carbocycles. The second-order valence-corrected chi connectivity index (χ2v) is 1.69. The lowest BCUT2D eigenvalue weighted by molar-refractivity contribution is 0.770. The minimum Gasteiger partial charge on any atom is -0.385 e. The number of hydrogen-bond donors (Lipinski definition) is 1. The Hall–Kier alpha value is -0.720. The van der Waals surface area contributed by atoms with Gasteiger partial charge >= 0.3 is 0 Å². The average molecular weight is 111 g/mol. The summed E-state index contributed by atoms with van der Waals surface area (Å²) < 4.78 is 0. The average Bonchev–Trinajstić information content (AvgIpc) is 1.83. The first-order valence-corrected chi connectivity index (χ1v) is 2.81. The lowest BCUT2D eigenvalue weighted by Crippen LogP contribution is -2.16. The Morgan fingerprint density at radius 3 is 2.62 bits per heavy atom. The first-order chi connectivity index (χ1) is 3.81. The third-order valence-corrected chi connectivity index (χ3v) is 0.879. The van der Waals surface area contributed by atoms with Gasteiger partial charge in [0.05, 0.1) is 0 Å². The van der Waals surface area contributed by atoms with Crippen molar-refractivity contribution in [3.8, 4) is 0 Å². The molecule has 0 aromatic rings. The van der Waals surface area contributed by atoms with Crippen LogP contribution < -0.4 is 5.32 Å². The third kappa shape index (κ3) is 3.47. The van der Waals surface area contributed by atoms with Gasteiger partial charge in [-0.05, 0) is 20.0 Å². The predicted octanol–water partition coefficient (Wildman–Crippen LogP) is 1.68. The normalized spacial score (nSPS) is 13.8. The molecular formula is C7H13N. The van der Waals surface area contributed by atoms with Crippen LogP contribution in [0, 0.1) is 0 Å². The Kier molecular flexibility index (Phi) is 4.04. The van der Waals surface area contributed by atoms with Gasteiger partial charge in [0.1, 0.15) is 0 Å². The van der Waals surface area contributed by atoms with Gasteiger partial charge < -0.3 is 5.32 Å². The SMILES string of the molecule is C=CC(C)N/C=C\C. The Morgan fingerprint density at radius 1 is 1.62 bits per heavy atom. The van der Waals surface area contributed by atoms with Gasteiger partial charge in [-0.1, -0.05) is 12.2 Å². The maximum Gasteiger partial charge on any atom is 0.0407 e. The van der Waals surface area contributed by atoms with Crippen LogP contribution in [-0.4, -0.2) is 6.04 Å². The zero-order valence-electron chi connectivity index (χ0n) is 5.52. The Bertz CT molecular complexity index is 84.4. The van der Waals surface area contributed by atoms with Crippen LogP contribution >= 0.6 is 0 Å². The van der Waals surface area contributed by atoms with Gasteiger partial charge in [-0.3, -0.25) is 0 Å². The maximum absolute atomic E-state index is 3.62. The first-order valence-electron chi connectivity index (χ1n) is 2.81. The van der Waals surface area contributed by atoms with Crippen molar-refractivity contribution in [2.24, 2.45) is 0 Å². The van der Waals surface area contributed by atoms with Gasteiger partial charge in [0, 0.05) is 6.04 Å². The number of hydrogen-bond acceptors (Lipinski definition) is 1. The van der Waals surface area contributed by atoms with Crippen molar-refractivity contribution in [1.82, 2.24) is 5.32 Å². The summed E-state index contributed by atoms with van der Waals surface area (Å²) in [6, 6.07) is 0.381. The molecule has 1 atom stereocenters. The first kappa shape index (κ1) is 7.28.